The van der Waals surface area contributed by atoms with Gasteiger partial charge in [-0.3, -0.25) is 4.57 Å². The van der Waals surface area contributed by atoms with Crippen LogP contribution in [-0.4, -0.2) is 57.0 Å². The van der Waals surface area contributed by atoms with Crippen LogP contribution >= 0.6 is 23.5 Å². The van der Waals surface area contributed by atoms with Gasteiger partial charge in [0.2, 0.25) is 0 Å². The van der Waals surface area contributed by atoms with E-state index < -0.39 is 28.6 Å². The number of nitrogens with two attached hydrogens (primary N) is 1. The Morgan fingerprint density at radius 2 is 2.21 bits per heavy atom. The van der Waals surface area contributed by atoms with E-state index in [1.54, 1.807) is 6.07 Å². The molecule has 2 aliphatic rings. The van der Waals surface area contributed by atoms with E-state index in [-0.39, 0.29) is 6.61 Å². The highest BCUT2D eigenvalue weighted by Gasteiger charge is 2.45. The van der Waals surface area contributed by atoms with E-state index in [4.69, 9.17) is 10.5 Å². The number of thioether (sulfide) groups is 1. The zero-order valence-electron chi connectivity index (χ0n) is 14.6. The summed E-state index contributed by atoms with van der Waals surface area (Å²) < 4.78 is 21.3. The van der Waals surface area contributed by atoms with Crippen LogP contribution in [-0.2, 0) is 0 Å². The molecule has 8 nitrogen and oxygen atoms in total. The number of hydrogen-bond acceptors (Lipinski definition) is 9. The lowest BCUT2D eigenvalue weighted by atomic mass is 10.1. The van der Waals surface area contributed by atoms with Gasteiger partial charge in [-0.25, -0.2) is 9.18 Å². The molecule has 0 aliphatic carbocycles. The number of aromatic nitrogens is 2. The normalized spacial score (nSPS) is 25.7. The second kappa shape index (κ2) is 7.91. The summed E-state index contributed by atoms with van der Waals surface area (Å²) in [5.41, 5.74) is 5.56. The molecule has 11 heteroatoms. The second-order valence-corrected chi connectivity index (χ2v) is 8.76. The zero-order chi connectivity index (χ0) is 19.8. The van der Waals surface area contributed by atoms with Gasteiger partial charge in [0, 0.05) is 17.6 Å². The first-order chi connectivity index (χ1) is 13.5. The summed E-state index contributed by atoms with van der Waals surface area (Å²) in [4.78, 5) is 18.1. The molecule has 28 heavy (non-hydrogen) atoms. The molecule has 1 aromatic carbocycles. The Morgan fingerprint density at radius 3 is 2.93 bits per heavy atom. The third-order valence-electron chi connectivity index (χ3n) is 4.49. The molecule has 150 valence electrons. The molecule has 1 saturated heterocycles. The van der Waals surface area contributed by atoms with Crippen molar-refractivity contribution in [1.29, 1.82) is 0 Å². The Labute approximate surface area is 168 Å². The van der Waals surface area contributed by atoms with Gasteiger partial charge in [0.1, 0.15) is 23.8 Å². The fourth-order valence-corrected chi connectivity index (χ4v) is 5.47. The minimum absolute atomic E-state index is 0.357. The summed E-state index contributed by atoms with van der Waals surface area (Å²) in [6.07, 6.45) is -1.48. The molecule has 0 radical (unpaired) electrons. The third kappa shape index (κ3) is 3.37. The number of benzene rings is 1. The van der Waals surface area contributed by atoms with E-state index in [9.17, 15) is 19.4 Å². The van der Waals surface area contributed by atoms with Gasteiger partial charge in [0.15, 0.2) is 12.0 Å². The maximum absolute atomic E-state index is 14.5. The number of para-hydroxylation sites is 1. The van der Waals surface area contributed by atoms with Crippen LogP contribution in [0.15, 0.2) is 39.0 Å². The van der Waals surface area contributed by atoms with Gasteiger partial charge in [-0.2, -0.15) is 4.98 Å². The molecule has 0 bridgehead atoms. The number of hydrogen-bond donors (Lipinski definition) is 4. The molecule has 2 aromatic rings. The lowest BCUT2D eigenvalue weighted by molar-refractivity contribution is 0.0630. The summed E-state index contributed by atoms with van der Waals surface area (Å²) in [6.45, 7) is 0.363. The molecule has 2 aliphatic heterocycles. The van der Waals surface area contributed by atoms with Crippen LogP contribution < -0.4 is 21.5 Å². The maximum Gasteiger partial charge on any atom is 0.350 e. The van der Waals surface area contributed by atoms with Crippen molar-refractivity contribution in [2.45, 2.75) is 32.7 Å². The minimum atomic E-state index is -1.68. The number of aliphatic hydroxyl groups is 2. The molecule has 5 N–H and O–H groups in total. The number of rotatable bonds is 5. The number of halogens is 1. The van der Waals surface area contributed by atoms with Gasteiger partial charge in [0.05, 0.1) is 22.4 Å². The number of fused-ring (bicyclic) bond motifs is 2. The minimum Gasteiger partial charge on any atom is -0.490 e. The van der Waals surface area contributed by atoms with Crippen LogP contribution in [0.1, 0.15) is 5.37 Å². The smallest absolute Gasteiger partial charge is 0.350 e. The average molecular weight is 426 g/mol. The number of nitrogens with zero attached hydrogens (tertiary/aromatic N) is 2. The number of aliphatic hydroxyl groups excluding tert-OH is 2. The molecular formula is C17H19FN4O4S2. The Bertz CT molecular complexity index is 944. The van der Waals surface area contributed by atoms with Crippen LogP contribution in [0.4, 0.5) is 15.9 Å². The van der Waals surface area contributed by atoms with E-state index >= 15 is 0 Å². The summed E-state index contributed by atoms with van der Waals surface area (Å²) in [5, 5.41) is 20.7. The molecule has 3 heterocycles. The summed E-state index contributed by atoms with van der Waals surface area (Å²) in [6, 6.07) is 5.54. The van der Waals surface area contributed by atoms with E-state index in [1.165, 1.54) is 22.5 Å². The van der Waals surface area contributed by atoms with Crippen molar-refractivity contribution in [3.05, 3.63) is 34.9 Å². The van der Waals surface area contributed by atoms with Crippen LogP contribution in [0, 0.1) is 0 Å². The van der Waals surface area contributed by atoms with Gasteiger partial charge in [0.25, 0.3) is 0 Å². The lowest BCUT2D eigenvalue weighted by Crippen LogP contribution is -2.33. The molecule has 1 fully saturated rings. The number of anilines is 2. The van der Waals surface area contributed by atoms with Crippen LogP contribution in [0.2, 0.25) is 0 Å². The van der Waals surface area contributed by atoms with Crippen molar-refractivity contribution < 1.29 is 19.3 Å². The highest BCUT2D eigenvalue weighted by Crippen LogP contribution is 2.48. The fourth-order valence-electron chi connectivity index (χ4n) is 3.12. The van der Waals surface area contributed by atoms with Crippen molar-refractivity contribution in [1.82, 2.24) is 9.55 Å². The van der Waals surface area contributed by atoms with E-state index in [0.29, 0.717) is 35.3 Å². The molecule has 0 saturated carbocycles. The molecule has 1 aromatic heterocycles. The van der Waals surface area contributed by atoms with Gasteiger partial charge in [-0.15, -0.1) is 11.8 Å². The monoisotopic (exact) mass is 426 g/mol. The largest absolute Gasteiger partial charge is 0.490 e. The maximum atomic E-state index is 14.5. The van der Waals surface area contributed by atoms with Gasteiger partial charge in [-0.1, -0.05) is 17.8 Å². The Balaban J connectivity index is 1.67. The third-order valence-corrected chi connectivity index (χ3v) is 7.11. The van der Waals surface area contributed by atoms with E-state index in [0.717, 1.165) is 16.7 Å². The first kappa shape index (κ1) is 19.5. The van der Waals surface area contributed by atoms with Crippen molar-refractivity contribution in [3.63, 3.8) is 0 Å². The highest BCUT2D eigenvalue weighted by molar-refractivity contribution is 8.00. The SMILES string of the molecule is NCCOc1cccc2c1Nc1nc(=O)n([C@@H]3S[C@H](CO)C(O)C3F)cc1S2. The molecule has 4 atom stereocenters. The second-order valence-electron chi connectivity index (χ2n) is 6.32. The van der Waals surface area contributed by atoms with Crippen molar-refractivity contribution in [2.24, 2.45) is 5.73 Å². The van der Waals surface area contributed by atoms with Crippen molar-refractivity contribution >= 4 is 35.0 Å². The Morgan fingerprint density at radius 1 is 1.39 bits per heavy atom. The Hall–Kier alpha value is -1.79. The zero-order valence-corrected chi connectivity index (χ0v) is 16.3. The van der Waals surface area contributed by atoms with Crippen LogP contribution in [0.3, 0.4) is 0 Å². The Kier molecular flexibility index (Phi) is 5.52. The fraction of sp³-hybridized carbons (Fsp3) is 0.412. The summed E-state index contributed by atoms with van der Waals surface area (Å²) in [7, 11) is 0. The van der Waals surface area contributed by atoms with E-state index in [2.05, 4.69) is 10.3 Å². The number of nitrogens with one attached hydrogen (secondary N) is 1. The van der Waals surface area contributed by atoms with Gasteiger partial charge >= 0.3 is 5.69 Å². The van der Waals surface area contributed by atoms with Crippen molar-refractivity contribution in [2.75, 3.05) is 25.1 Å². The molecule has 4 rings (SSSR count). The predicted molar refractivity (Wildman–Crippen MR) is 105 cm³/mol. The first-order valence-corrected chi connectivity index (χ1v) is 10.4. The highest BCUT2D eigenvalue weighted by atomic mass is 32.2. The standard InChI is InChI=1S/C17H19FN4O4S2/c18-12-14(24)11(7-23)28-16(12)22-6-10-15(21-17(22)25)20-13-8(26-5-4-19)2-1-3-9(13)27-10/h1-3,6,11-12,14,16,23-24H,4-5,7,19H2,(H,20,21,25)/t11-,12?,14?,16-/m1/s1. The van der Waals surface area contributed by atoms with Gasteiger partial charge < -0.3 is 26.0 Å². The number of alkyl halides is 1. The predicted octanol–water partition coefficient (Wildman–Crippen LogP) is 1.09. The quantitative estimate of drug-likeness (QED) is 0.475. The van der Waals surface area contributed by atoms with Crippen LogP contribution in [0.25, 0.3) is 0 Å². The van der Waals surface area contributed by atoms with E-state index in [1.807, 2.05) is 12.1 Å². The van der Waals surface area contributed by atoms with Gasteiger partial charge in [-0.05, 0) is 12.1 Å². The molecule has 0 spiro atoms. The summed E-state index contributed by atoms with van der Waals surface area (Å²) in [5.74, 6) is 0.969. The summed E-state index contributed by atoms with van der Waals surface area (Å²) >= 11 is 2.41. The lowest BCUT2D eigenvalue weighted by Gasteiger charge is -2.24. The average Bonchev–Trinajstić information content (AvgIpc) is 2.98. The first-order valence-electron chi connectivity index (χ1n) is 8.66. The number of ether oxygens (including phenoxy) is 1. The topological polar surface area (TPSA) is 123 Å². The molecular weight excluding hydrogens is 407 g/mol. The molecule has 2 unspecified atom stereocenters. The molecule has 0 amide bonds. The van der Waals surface area contributed by atoms with Crippen molar-refractivity contribution in [3.8, 4) is 5.75 Å². The van der Waals surface area contributed by atoms with Crippen LogP contribution in [0.5, 0.6) is 5.75 Å².